The predicted molar refractivity (Wildman–Crippen MR) is 133 cm³/mol. The lowest BCUT2D eigenvalue weighted by atomic mass is 9.99. The number of anilines is 3. The summed E-state index contributed by atoms with van der Waals surface area (Å²) in [6, 6.07) is 4.76. The standard InChI is InChI=1S/C26H22F6N6O3/c1-13-11-14(27)5-6-16(13)20-17-12-37(41-23(39)26(30,31)32)25(40)38(21-18(28)3-2-4-19(21)29)22(17)36-24(35-20)34-15-7-9-33-10-8-15/h2-6,11,15,33H,7-10,12H2,1H3,(H,34,35,36). The van der Waals surface area contributed by atoms with Gasteiger partial charge in [0, 0.05) is 17.2 Å². The van der Waals surface area contributed by atoms with E-state index in [9.17, 15) is 27.2 Å². The zero-order valence-electron chi connectivity index (χ0n) is 21.4. The third-order valence-corrected chi connectivity index (χ3v) is 6.61. The molecule has 41 heavy (non-hydrogen) atoms. The van der Waals surface area contributed by atoms with Crippen molar-refractivity contribution in [2.45, 2.75) is 38.5 Å². The molecule has 1 aromatic heterocycles. The summed E-state index contributed by atoms with van der Waals surface area (Å²) in [5.41, 5.74) is -0.388. The number of amides is 2. The minimum Gasteiger partial charge on any atom is -0.351 e. The first-order chi connectivity index (χ1) is 19.4. The summed E-state index contributed by atoms with van der Waals surface area (Å²) in [5, 5.41) is 6.36. The summed E-state index contributed by atoms with van der Waals surface area (Å²) in [6.07, 6.45) is -4.13. The second-order valence-corrected chi connectivity index (χ2v) is 9.43. The van der Waals surface area contributed by atoms with Crippen molar-refractivity contribution in [1.29, 1.82) is 0 Å². The van der Waals surface area contributed by atoms with Crippen molar-refractivity contribution < 1.29 is 40.8 Å². The van der Waals surface area contributed by atoms with Crippen LogP contribution in [0.2, 0.25) is 0 Å². The Labute approximate surface area is 229 Å². The largest absolute Gasteiger partial charge is 0.493 e. The number of alkyl halides is 3. The van der Waals surface area contributed by atoms with Gasteiger partial charge in [0.15, 0.2) is 5.82 Å². The highest BCUT2D eigenvalue weighted by atomic mass is 19.4. The Kier molecular flexibility index (Phi) is 7.46. The number of fused-ring (bicyclic) bond motifs is 1. The van der Waals surface area contributed by atoms with Gasteiger partial charge in [0.05, 0.1) is 12.2 Å². The van der Waals surface area contributed by atoms with Gasteiger partial charge in [-0.05, 0) is 68.8 Å². The van der Waals surface area contributed by atoms with E-state index in [1.165, 1.54) is 12.1 Å². The number of hydrogen-bond acceptors (Lipinski definition) is 7. The number of benzene rings is 2. The van der Waals surface area contributed by atoms with E-state index in [2.05, 4.69) is 25.4 Å². The number of carbonyl (C=O) groups excluding carboxylic acids is 2. The van der Waals surface area contributed by atoms with E-state index in [1.807, 2.05) is 0 Å². The molecule has 0 unspecified atom stereocenters. The zero-order chi connectivity index (χ0) is 29.5. The number of para-hydroxylation sites is 1. The number of nitrogens with one attached hydrogen (secondary N) is 2. The van der Waals surface area contributed by atoms with Gasteiger partial charge in [0.25, 0.3) is 0 Å². The smallest absolute Gasteiger partial charge is 0.351 e. The van der Waals surface area contributed by atoms with E-state index in [0.717, 1.165) is 24.3 Å². The van der Waals surface area contributed by atoms with Gasteiger partial charge in [0.1, 0.15) is 23.1 Å². The number of urea groups is 1. The molecule has 0 bridgehead atoms. The molecule has 216 valence electrons. The van der Waals surface area contributed by atoms with Crippen LogP contribution in [0.4, 0.5) is 48.6 Å². The van der Waals surface area contributed by atoms with Crippen molar-refractivity contribution in [2.24, 2.45) is 0 Å². The molecule has 2 N–H and O–H groups in total. The van der Waals surface area contributed by atoms with Crippen molar-refractivity contribution in [1.82, 2.24) is 20.3 Å². The molecule has 5 rings (SSSR count). The Morgan fingerprint density at radius 2 is 1.76 bits per heavy atom. The highest BCUT2D eigenvalue weighted by Gasteiger charge is 2.46. The zero-order valence-corrected chi connectivity index (χ0v) is 21.4. The maximum atomic E-state index is 15.0. The van der Waals surface area contributed by atoms with Crippen molar-refractivity contribution in [3.8, 4) is 11.3 Å². The van der Waals surface area contributed by atoms with E-state index in [-0.39, 0.29) is 34.1 Å². The van der Waals surface area contributed by atoms with Crippen molar-refractivity contribution in [3.05, 3.63) is 65.0 Å². The summed E-state index contributed by atoms with van der Waals surface area (Å²) in [4.78, 5) is 38.8. The summed E-state index contributed by atoms with van der Waals surface area (Å²) in [5.74, 6) is -6.17. The van der Waals surface area contributed by atoms with Crippen molar-refractivity contribution >= 4 is 29.5 Å². The van der Waals surface area contributed by atoms with Crippen molar-refractivity contribution in [3.63, 3.8) is 0 Å². The SMILES string of the molecule is Cc1cc(F)ccc1-c1nc(NC2CCNCC2)nc2c1CN(OC(=O)C(F)(F)F)C(=O)N2c1c(F)cccc1F. The number of piperidine rings is 1. The molecule has 2 aliphatic heterocycles. The molecule has 2 aliphatic rings. The topological polar surface area (TPSA) is 99.7 Å². The maximum Gasteiger partial charge on any atom is 0.493 e. The summed E-state index contributed by atoms with van der Waals surface area (Å²) < 4.78 is 83.2. The lowest BCUT2D eigenvalue weighted by Crippen LogP contribution is -2.48. The van der Waals surface area contributed by atoms with Crippen LogP contribution >= 0.6 is 0 Å². The van der Waals surface area contributed by atoms with Crippen LogP contribution < -0.4 is 15.5 Å². The summed E-state index contributed by atoms with van der Waals surface area (Å²) >= 11 is 0. The van der Waals surface area contributed by atoms with E-state index in [1.54, 1.807) is 6.92 Å². The Balaban J connectivity index is 1.74. The van der Waals surface area contributed by atoms with Crippen LogP contribution in [-0.2, 0) is 16.2 Å². The molecule has 0 radical (unpaired) electrons. The van der Waals surface area contributed by atoms with Crippen molar-refractivity contribution in [2.75, 3.05) is 23.3 Å². The number of aryl methyl sites for hydroxylation is 1. The first kappa shape index (κ1) is 28.1. The second kappa shape index (κ2) is 10.9. The monoisotopic (exact) mass is 580 g/mol. The van der Waals surface area contributed by atoms with Gasteiger partial charge in [-0.2, -0.15) is 18.2 Å². The van der Waals surface area contributed by atoms with Gasteiger partial charge in [-0.15, -0.1) is 5.06 Å². The fourth-order valence-electron chi connectivity index (χ4n) is 4.67. The molecule has 1 saturated heterocycles. The Morgan fingerprint density at radius 1 is 1.07 bits per heavy atom. The quantitative estimate of drug-likeness (QED) is 0.404. The molecular formula is C26H22F6N6O3. The average Bonchev–Trinajstić information content (AvgIpc) is 2.90. The number of carbonyl (C=O) groups is 2. The van der Waals surface area contributed by atoms with E-state index >= 15 is 8.78 Å². The minimum atomic E-state index is -5.48. The number of aromatic nitrogens is 2. The molecule has 15 heteroatoms. The van der Waals surface area contributed by atoms with Gasteiger partial charge in [-0.25, -0.2) is 32.6 Å². The molecule has 9 nitrogen and oxygen atoms in total. The Bertz CT molecular complexity index is 1490. The van der Waals surface area contributed by atoms with E-state index < -0.39 is 47.9 Å². The number of hydrogen-bond donors (Lipinski definition) is 2. The van der Waals surface area contributed by atoms with Crippen LogP contribution in [0.1, 0.15) is 24.0 Å². The molecule has 1 fully saturated rings. The maximum absolute atomic E-state index is 15.0. The first-order valence-corrected chi connectivity index (χ1v) is 12.4. The number of hydroxylamine groups is 2. The number of nitrogens with zero attached hydrogens (tertiary/aromatic N) is 4. The van der Waals surface area contributed by atoms with Crippen LogP contribution in [0.3, 0.4) is 0 Å². The third-order valence-electron chi connectivity index (χ3n) is 6.61. The molecule has 2 amide bonds. The molecule has 2 aromatic carbocycles. The minimum absolute atomic E-state index is 0.0197. The molecule has 0 atom stereocenters. The lowest BCUT2D eigenvalue weighted by molar-refractivity contribution is -0.229. The van der Waals surface area contributed by atoms with Gasteiger partial charge < -0.3 is 15.5 Å². The summed E-state index contributed by atoms with van der Waals surface area (Å²) in [6.45, 7) is 2.13. The normalized spacial score (nSPS) is 16.0. The predicted octanol–water partition coefficient (Wildman–Crippen LogP) is 5.13. The van der Waals surface area contributed by atoms with Gasteiger partial charge in [-0.3, -0.25) is 0 Å². The van der Waals surface area contributed by atoms with Gasteiger partial charge in [-0.1, -0.05) is 6.07 Å². The first-order valence-electron chi connectivity index (χ1n) is 12.4. The molecular weight excluding hydrogens is 558 g/mol. The summed E-state index contributed by atoms with van der Waals surface area (Å²) in [7, 11) is 0. The van der Waals surface area contributed by atoms with E-state index in [4.69, 9.17) is 0 Å². The second-order valence-electron chi connectivity index (χ2n) is 9.43. The highest BCUT2D eigenvalue weighted by molar-refractivity contribution is 6.02. The van der Waals surface area contributed by atoms with Crippen LogP contribution in [0, 0.1) is 24.4 Å². The van der Waals surface area contributed by atoms with Crippen LogP contribution in [0.5, 0.6) is 0 Å². The number of rotatable bonds is 5. The molecule has 0 spiro atoms. The Hall–Kier alpha value is -4.40. The van der Waals surface area contributed by atoms with Gasteiger partial charge in [0.2, 0.25) is 5.95 Å². The van der Waals surface area contributed by atoms with E-state index in [0.29, 0.717) is 42.0 Å². The van der Waals surface area contributed by atoms with Crippen LogP contribution in [-0.4, -0.2) is 52.3 Å². The van der Waals surface area contributed by atoms with Crippen LogP contribution in [0.15, 0.2) is 36.4 Å². The van der Waals surface area contributed by atoms with Gasteiger partial charge >= 0.3 is 18.2 Å². The fourth-order valence-corrected chi connectivity index (χ4v) is 4.67. The molecule has 0 saturated carbocycles. The molecule has 0 aliphatic carbocycles. The third kappa shape index (κ3) is 5.62. The molecule has 3 heterocycles. The Morgan fingerprint density at radius 3 is 2.39 bits per heavy atom. The highest BCUT2D eigenvalue weighted by Crippen LogP contribution is 2.42. The fraction of sp³-hybridized carbons (Fsp3) is 0.308. The lowest BCUT2D eigenvalue weighted by Gasteiger charge is -2.36. The molecule has 3 aromatic rings. The van der Waals surface area contributed by atoms with Crippen LogP contribution in [0.25, 0.3) is 11.3 Å². The number of halogens is 6. The average molecular weight is 580 g/mol.